The van der Waals surface area contributed by atoms with Gasteiger partial charge >= 0.3 is 0 Å². The van der Waals surface area contributed by atoms with E-state index in [-0.39, 0.29) is 24.8 Å². The number of rotatable bonds is 6. The average Bonchev–Trinajstić information content (AvgIpc) is 2.35. The van der Waals surface area contributed by atoms with Crippen molar-refractivity contribution in [1.29, 1.82) is 0 Å². The first kappa shape index (κ1) is 16.7. The predicted molar refractivity (Wildman–Crippen MR) is 85.3 cm³/mol. The smallest absolute Gasteiger partial charge is 0.259 e. The highest BCUT2D eigenvalue weighted by Gasteiger charge is 2.24. The summed E-state index contributed by atoms with van der Waals surface area (Å²) in [6, 6.07) is 5.02. The highest BCUT2D eigenvalue weighted by Crippen LogP contribution is 2.28. The lowest BCUT2D eigenvalue weighted by atomic mass is 10.1. The van der Waals surface area contributed by atoms with E-state index in [0.29, 0.717) is 23.3 Å². The zero-order valence-corrected chi connectivity index (χ0v) is 13.4. The van der Waals surface area contributed by atoms with Crippen LogP contribution in [0.15, 0.2) is 22.6 Å². The quantitative estimate of drug-likeness (QED) is 0.527. The first-order chi connectivity index (χ1) is 10.2. The molecule has 0 spiro atoms. The van der Waals surface area contributed by atoms with Gasteiger partial charge in [-0.15, -0.1) is 4.40 Å². The molecule has 0 fully saturated rings. The number of hydrogen-bond acceptors (Lipinski definition) is 6. The first-order valence-corrected chi connectivity index (χ1v) is 9.63. The van der Waals surface area contributed by atoms with E-state index in [0.717, 1.165) is 0 Å². The lowest BCUT2D eigenvalue weighted by molar-refractivity contribution is 0.259. The molecule has 0 saturated heterocycles. The standard InChI is InChI=1S/C12H17N3O5S2/c1-21(14,16)20-7-3-6-19-10-5-2-4-9-8-22(17,18)15-12(13)11(9)10/h2,4-5H,1,3,6-8H2,(H2,13,15)(H2,14,16). The van der Waals surface area contributed by atoms with Gasteiger partial charge in [-0.05, 0) is 17.5 Å². The number of hydrogen-bond donors (Lipinski definition) is 2. The van der Waals surface area contributed by atoms with E-state index in [1.54, 1.807) is 18.2 Å². The van der Waals surface area contributed by atoms with Gasteiger partial charge in [0.15, 0.2) is 0 Å². The van der Waals surface area contributed by atoms with Gasteiger partial charge in [-0.2, -0.15) is 0 Å². The number of benzene rings is 1. The second-order valence-corrected chi connectivity index (χ2v) is 7.88. The van der Waals surface area contributed by atoms with E-state index < -0.39 is 20.0 Å². The van der Waals surface area contributed by atoms with Crippen LogP contribution in [0.25, 0.3) is 0 Å². The molecular formula is C12H17N3O5S2. The molecule has 0 amide bonds. The van der Waals surface area contributed by atoms with Gasteiger partial charge in [-0.25, -0.2) is 17.8 Å². The number of nitrogens with two attached hydrogens (primary N) is 2. The highest BCUT2D eigenvalue weighted by atomic mass is 32.2. The minimum atomic E-state index is -3.57. The van der Waals surface area contributed by atoms with Crippen molar-refractivity contribution in [2.45, 2.75) is 12.2 Å². The summed E-state index contributed by atoms with van der Waals surface area (Å²) in [5.74, 6) is 3.31. The number of nitrogens with zero attached hydrogens (tertiary/aromatic N) is 1. The van der Waals surface area contributed by atoms with Crippen molar-refractivity contribution < 1.29 is 21.5 Å². The molecule has 1 aliphatic rings. The van der Waals surface area contributed by atoms with Crippen molar-refractivity contribution in [2.75, 3.05) is 13.2 Å². The van der Waals surface area contributed by atoms with E-state index >= 15 is 0 Å². The van der Waals surface area contributed by atoms with Crippen molar-refractivity contribution in [1.82, 2.24) is 0 Å². The number of fused-ring (bicyclic) bond motifs is 1. The van der Waals surface area contributed by atoms with E-state index in [4.69, 9.17) is 19.8 Å². The first-order valence-electron chi connectivity index (χ1n) is 6.30. The molecule has 22 heavy (non-hydrogen) atoms. The van der Waals surface area contributed by atoms with Crippen molar-refractivity contribution >= 4 is 31.7 Å². The topological polar surface area (TPSA) is 134 Å². The monoisotopic (exact) mass is 347 g/mol. The lowest BCUT2D eigenvalue weighted by Gasteiger charge is -2.18. The van der Waals surface area contributed by atoms with Crippen molar-refractivity contribution in [3.05, 3.63) is 29.3 Å². The molecule has 122 valence electrons. The second kappa shape index (κ2) is 6.24. The van der Waals surface area contributed by atoms with E-state index in [2.05, 4.69) is 10.3 Å². The SMILES string of the molecule is C=S(N)(=O)OCCCOc1cccc2c1C(N)=NS(=O)(=O)C2. The average molecular weight is 347 g/mol. The third kappa shape index (κ3) is 4.44. The Labute approximate surface area is 129 Å². The number of ether oxygens (including phenoxy) is 1. The van der Waals surface area contributed by atoms with Crippen LogP contribution < -0.4 is 15.6 Å². The third-order valence-corrected chi connectivity index (χ3v) is 4.49. The molecule has 1 aliphatic heterocycles. The molecule has 2 rings (SSSR count). The van der Waals surface area contributed by atoms with Gasteiger partial charge in [0, 0.05) is 6.42 Å². The van der Waals surface area contributed by atoms with E-state index in [9.17, 15) is 12.6 Å². The molecule has 1 atom stereocenters. The van der Waals surface area contributed by atoms with Gasteiger partial charge in [-0.1, -0.05) is 12.1 Å². The highest BCUT2D eigenvalue weighted by molar-refractivity contribution is 7.93. The molecule has 8 nitrogen and oxygen atoms in total. The van der Waals surface area contributed by atoms with Crippen LogP contribution >= 0.6 is 0 Å². The van der Waals surface area contributed by atoms with Gasteiger partial charge in [0.1, 0.15) is 21.6 Å². The van der Waals surface area contributed by atoms with Crippen LogP contribution in [0, 0.1) is 0 Å². The summed E-state index contributed by atoms with van der Waals surface area (Å²) in [5.41, 5.74) is 6.74. The Morgan fingerprint density at radius 1 is 1.36 bits per heavy atom. The Bertz CT molecular complexity index is 800. The molecule has 1 unspecified atom stereocenters. The van der Waals surface area contributed by atoms with Crippen LogP contribution in [-0.4, -0.2) is 37.5 Å². The van der Waals surface area contributed by atoms with Crippen LogP contribution in [0.3, 0.4) is 0 Å². The Kier molecular flexibility index (Phi) is 4.75. The number of amidine groups is 1. The maximum Gasteiger partial charge on any atom is 0.259 e. The molecule has 1 heterocycles. The predicted octanol–water partition coefficient (Wildman–Crippen LogP) is -0.474. The summed E-state index contributed by atoms with van der Waals surface area (Å²) in [6.45, 7) is 0.387. The molecule has 0 bridgehead atoms. The summed E-state index contributed by atoms with van der Waals surface area (Å²) < 4.78 is 48.0. The zero-order chi connectivity index (χ0) is 16.4. The summed E-state index contributed by atoms with van der Waals surface area (Å²) >= 11 is 0. The Morgan fingerprint density at radius 2 is 2.09 bits per heavy atom. The summed E-state index contributed by atoms with van der Waals surface area (Å²) in [4.78, 5) is 0. The van der Waals surface area contributed by atoms with E-state index in [1.165, 1.54) is 0 Å². The molecule has 0 radical (unpaired) electrons. The normalized spacial score (nSPS) is 18.9. The second-order valence-electron chi connectivity index (χ2n) is 4.68. The maximum absolute atomic E-state index is 11.6. The minimum Gasteiger partial charge on any atom is -0.493 e. The summed E-state index contributed by atoms with van der Waals surface area (Å²) in [7, 11) is -6.54. The number of sulfonamides is 1. The summed E-state index contributed by atoms with van der Waals surface area (Å²) in [5, 5.41) is 5.13. The minimum absolute atomic E-state index is 0.0872. The van der Waals surface area contributed by atoms with Crippen molar-refractivity contribution in [3.63, 3.8) is 0 Å². The zero-order valence-electron chi connectivity index (χ0n) is 11.7. The van der Waals surface area contributed by atoms with Gasteiger partial charge in [0.05, 0.1) is 24.5 Å². The van der Waals surface area contributed by atoms with Crippen LogP contribution in [0.5, 0.6) is 5.75 Å². The van der Waals surface area contributed by atoms with Crippen molar-refractivity contribution in [3.8, 4) is 5.75 Å². The molecule has 10 heteroatoms. The molecule has 1 aromatic carbocycles. The Morgan fingerprint density at radius 3 is 2.77 bits per heavy atom. The molecule has 0 saturated carbocycles. The maximum atomic E-state index is 11.6. The lowest BCUT2D eigenvalue weighted by Crippen LogP contribution is -2.25. The molecular weight excluding hydrogens is 330 g/mol. The van der Waals surface area contributed by atoms with Gasteiger partial charge in [0.2, 0.25) is 0 Å². The van der Waals surface area contributed by atoms with Crippen molar-refractivity contribution in [2.24, 2.45) is 15.3 Å². The third-order valence-electron chi connectivity index (χ3n) is 2.77. The fourth-order valence-electron chi connectivity index (χ4n) is 1.97. The van der Waals surface area contributed by atoms with Crippen LogP contribution in [-0.2, 0) is 29.9 Å². The molecule has 0 aromatic heterocycles. The fraction of sp³-hybridized carbons (Fsp3) is 0.333. The molecule has 4 N–H and O–H groups in total. The Balaban J connectivity index is 2.05. The van der Waals surface area contributed by atoms with Crippen LogP contribution in [0.1, 0.15) is 17.5 Å². The molecule has 1 aromatic rings. The van der Waals surface area contributed by atoms with Crippen LogP contribution in [0.2, 0.25) is 0 Å². The fourth-order valence-corrected chi connectivity index (χ4v) is 3.46. The van der Waals surface area contributed by atoms with E-state index in [1.807, 2.05) is 0 Å². The largest absolute Gasteiger partial charge is 0.493 e. The van der Waals surface area contributed by atoms with Gasteiger partial charge in [0.25, 0.3) is 10.0 Å². The Hall–Kier alpha value is -1.62. The molecule has 0 aliphatic carbocycles. The van der Waals surface area contributed by atoms with Crippen LogP contribution in [0.4, 0.5) is 0 Å². The van der Waals surface area contributed by atoms with Gasteiger partial charge in [-0.3, -0.25) is 4.18 Å². The summed E-state index contributed by atoms with van der Waals surface area (Å²) in [6.07, 6.45) is 0.433. The van der Waals surface area contributed by atoms with Gasteiger partial charge < -0.3 is 10.5 Å².